The number of piperidine rings is 1. The number of carbonyl (C=O) groups is 1. The second-order valence-electron chi connectivity index (χ2n) is 5.39. The normalized spacial score (nSPS) is 26.9. The van der Waals surface area contributed by atoms with Crippen molar-refractivity contribution in [2.75, 3.05) is 19.6 Å². The highest BCUT2D eigenvalue weighted by molar-refractivity contribution is 5.76. The summed E-state index contributed by atoms with van der Waals surface area (Å²) in [7, 11) is 0. The molecule has 0 bridgehead atoms. The largest absolute Gasteiger partial charge is 0.393 e. The molecule has 1 fully saturated rings. The maximum atomic E-state index is 12.0. The lowest BCUT2D eigenvalue weighted by atomic mass is 9.95. The Morgan fingerprint density at radius 1 is 1.53 bits per heavy atom. The van der Waals surface area contributed by atoms with Crippen LogP contribution in [0.5, 0.6) is 0 Å². The first-order chi connectivity index (χ1) is 8.04. The fourth-order valence-electron chi connectivity index (χ4n) is 2.32. The van der Waals surface area contributed by atoms with Crippen LogP contribution in [0.3, 0.4) is 0 Å². The van der Waals surface area contributed by atoms with Gasteiger partial charge in [-0.05, 0) is 37.6 Å². The van der Waals surface area contributed by atoms with Crippen molar-refractivity contribution in [3.05, 3.63) is 0 Å². The second-order valence-corrected chi connectivity index (χ2v) is 5.39. The first-order valence-electron chi connectivity index (χ1n) is 6.70. The molecule has 0 aromatic carbocycles. The van der Waals surface area contributed by atoms with Crippen LogP contribution >= 0.6 is 0 Å². The smallest absolute Gasteiger partial charge is 0.222 e. The van der Waals surface area contributed by atoms with Gasteiger partial charge in [-0.25, -0.2) is 0 Å². The van der Waals surface area contributed by atoms with Gasteiger partial charge in [0.05, 0.1) is 6.10 Å². The molecule has 3 unspecified atom stereocenters. The van der Waals surface area contributed by atoms with Crippen molar-refractivity contribution in [1.29, 1.82) is 0 Å². The van der Waals surface area contributed by atoms with Gasteiger partial charge in [-0.2, -0.15) is 0 Å². The molecule has 1 aliphatic rings. The van der Waals surface area contributed by atoms with Gasteiger partial charge in [0.15, 0.2) is 0 Å². The van der Waals surface area contributed by atoms with Gasteiger partial charge in [0.2, 0.25) is 5.91 Å². The van der Waals surface area contributed by atoms with E-state index in [1.807, 2.05) is 11.8 Å². The molecule has 4 heteroatoms. The number of nitrogens with two attached hydrogens (primary N) is 1. The van der Waals surface area contributed by atoms with Gasteiger partial charge in [0, 0.05) is 19.5 Å². The average Bonchev–Trinajstić information content (AvgIpc) is 2.30. The number of amides is 1. The van der Waals surface area contributed by atoms with Gasteiger partial charge in [0.1, 0.15) is 0 Å². The van der Waals surface area contributed by atoms with E-state index >= 15 is 0 Å². The summed E-state index contributed by atoms with van der Waals surface area (Å²) in [5, 5.41) is 9.61. The lowest BCUT2D eigenvalue weighted by Gasteiger charge is -2.34. The first-order valence-corrected chi connectivity index (χ1v) is 6.70. The van der Waals surface area contributed by atoms with Gasteiger partial charge < -0.3 is 15.7 Å². The highest BCUT2D eigenvalue weighted by Gasteiger charge is 2.26. The summed E-state index contributed by atoms with van der Waals surface area (Å²) in [6.07, 6.45) is 3.00. The van der Waals surface area contributed by atoms with Crippen molar-refractivity contribution in [2.45, 2.75) is 45.6 Å². The summed E-state index contributed by atoms with van der Waals surface area (Å²) in [6, 6.07) is 0. The van der Waals surface area contributed by atoms with E-state index < -0.39 is 0 Å². The lowest BCUT2D eigenvalue weighted by molar-refractivity contribution is -0.135. The molecule has 4 nitrogen and oxygen atoms in total. The molecule has 0 aliphatic carbocycles. The summed E-state index contributed by atoms with van der Waals surface area (Å²) in [5.74, 6) is 0.957. The Hall–Kier alpha value is -0.610. The van der Waals surface area contributed by atoms with Crippen LogP contribution < -0.4 is 5.73 Å². The Labute approximate surface area is 104 Å². The van der Waals surface area contributed by atoms with Crippen molar-refractivity contribution >= 4 is 5.91 Å². The van der Waals surface area contributed by atoms with Crippen LogP contribution in [0.1, 0.15) is 39.5 Å². The molecule has 0 aromatic rings. The average molecular weight is 242 g/mol. The third kappa shape index (κ3) is 4.64. The molecule has 3 atom stereocenters. The zero-order chi connectivity index (χ0) is 12.8. The van der Waals surface area contributed by atoms with Crippen LogP contribution in [0.2, 0.25) is 0 Å². The molecule has 100 valence electrons. The number of aliphatic hydroxyl groups excluding tert-OH is 1. The highest BCUT2D eigenvalue weighted by atomic mass is 16.3. The Balaban J connectivity index is 2.28. The molecule has 1 amide bonds. The van der Waals surface area contributed by atoms with E-state index in [0.717, 1.165) is 12.8 Å². The molecule has 0 spiro atoms. The minimum absolute atomic E-state index is 0.203. The summed E-state index contributed by atoms with van der Waals surface area (Å²) in [6.45, 7) is 6.24. The molecular weight excluding hydrogens is 216 g/mol. The number of aliphatic hydroxyl groups is 1. The van der Waals surface area contributed by atoms with E-state index in [2.05, 4.69) is 6.92 Å². The van der Waals surface area contributed by atoms with E-state index in [0.29, 0.717) is 38.4 Å². The fraction of sp³-hybridized carbons (Fsp3) is 0.923. The maximum absolute atomic E-state index is 12.0. The van der Waals surface area contributed by atoms with Gasteiger partial charge >= 0.3 is 0 Å². The zero-order valence-electron chi connectivity index (χ0n) is 11.1. The van der Waals surface area contributed by atoms with Gasteiger partial charge in [-0.15, -0.1) is 0 Å². The van der Waals surface area contributed by atoms with Crippen LogP contribution in [0.25, 0.3) is 0 Å². The molecule has 3 N–H and O–H groups in total. The fourth-order valence-corrected chi connectivity index (χ4v) is 2.32. The Morgan fingerprint density at radius 3 is 2.82 bits per heavy atom. The number of likely N-dealkylation sites (tertiary alicyclic amines) is 1. The minimum atomic E-state index is -0.241. The van der Waals surface area contributed by atoms with Crippen molar-refractivity contribution in [3.63, 3.8) is 0 Å². The zero-order valence-corrected chi connectivity index (χ0v) is 11.1. The van der Waals surface area contributed by atoms with Crippen molar-refractivity contribution in [1.82, 2.24) is 4.90 Å². The van der Waals surface area contributed by atoms with Crippen LogP contribution in [0.15, 0.2) is 0 Å². The van der Waals surface area contributed by atoms with Gasteiger partial charge in [-0.3, -0.25) is 4.79 Å². The van der Waals surface area contributed by atoms with E-state index in [9.17, 15) is 9.90 Å². The summed E-state index contributed by atoms with van der Waals surface area (Å²) >= 11 is 0. The SMILES string of the molecule is CC(CCN)CCC(=O)N1CCC(O)C(C)C1. The number of rotatable bonds is 5. The minimum Gasteiger partial charge on any atom is -0.393 e. The van der Waals surface area contributed by atoms with Crippen LogP contribution in [-0.4, -0.2) is 41.7 Å². The Kier molecular flexibility index (Phi) is 5.92. The molecule has 1 saturated heterocycles. The molecule has 0 aromatic heterocycles. The summed E-state index contributed by atoms with van der Waals surface area (Å²) < 4.78 is 0. The summed E-state index contributed by atoms with van der Waals surface area (Å²) in [5.41, 5.74) is 5.49. The Bertz CT molecular complexity index is 246. The van der Waals surface area contributed by atoms with Gasteiger partial charge in [-0.1, -0.05) is 13.8 Å². The Morgan fingerprint density at radius 2 is 2.24 bits per heavy atom. The standard InChI is InChI=1S/C13H26N2O2/c1-10(5-7-14)3-4-13(17)15-8-6-12(16)11(2)9-15/h10-12,16H,3-9,14H2,1-2H3. The van der Waals surface area contributed by atoms with Crippen molar-refractivity contribution < 1.29 is 9.90 Å². The molecule has 1 heterocycles. The number of hydrogen-bond donors (Lipinski definition) is 2. The molecule has 0 radical (unpaired) electrons. The molecule has 1 aliphatic heterocycles. The van der Waals surface area contributed by atoms with E-state index in [1.165, 1.54) is 0 Å². The number of hydrogen-bond acceptors (Lipinski definition) is 3. The van der Waals surface area contributed by atoms with Crippen molar-refractivity contribution in [3.8, 4) is 0 Å². The summed E-state index contributed by atoms with van der Waals surface area (Å²) in [4.78, 5) is 13.9. The van der Waals surface area contributed by atoms with Crippen LogP contribution in [0, 0.1) is 11.8 Å². The monoisotopic (exact) mass is 242 g/mol. The highest BCUT2D eigenvalue weighted by Crippen LogP contribution is 2.18. The predicted octanol–water partition coefficient (Wildman–Crippen LogP) is 0.981. The third-order valence-electron chi connectivity index (χ3n) is 3.72. The molecule has 0 saturated carbocycles. The third-order valence-corrected chi connectivity index (χ3v) is 3.72. The van der Waals surface area contributed by atoms with Crippen molar-refractivity contribution in [2.24, 2.45) is 17.6 Å². The quantitative estimate of drug-likeness (QED) is 0.755. The maximum Gasteiger partial charge on any atom is 0.222 e. The number of carbonyl (C=O) groups excluding carboxylic acids is 1. The molecular formula is C13H26N2O2. The van der Waals surface area contributed by atoms with Crippen LogP contribution in [0.4, 0.5) is 0 Å². The second kappa shape index (κ2) is 6.97. The first kappa shape index (κ1) is 14.5. The van der Waals surface area contributed by atoms with Crippen LogP contribution in [-0.2, 0) is 4.79 Å². The van der Waals surface area contributed by atoms with E-state index in [1.54, 1.807) is 0 Å². The lowest BCUT2D eigenvalue weighted by Crippen LogP contribution is -2.44. The molecule has 17 heavy (non-hydrogen) atoms. The van der Waals surface area contributed by atoms with E-state index in [4.69, 9.17) is 5.73 Å². The van der Waals surface area contributed by atoms with Gasteiger partial charge in [0.25, 0.3) is 0 Å². The molecule has 1 rings (SSSR count). The predicted molar refractivity (Wildman–Crippen MR) is 68.4 cm³/mol. The topological polar surface area (TPSA) is 66.6 Å². The van der Waals surface area contributed by atoms with E-state index in [-0.39, 0.29) is 17.9 Å². The number of nitrogens with zero attached hydrogens (tertiary/aromatic N) is 1.